The quantitative estimate of drug-likeness (QED) is 0.543. The SMILES string of the molecule is CC(C)c1ccc(C(NC(=O)CCc2ccc(S(N)(=O)=O)cc2)c2cccs2)cc1. The van der Waals surface area contributed by atoms with Crippen molar-refractivity contribution in [1.29, 1.82) is 0 Å². The maximum atomic E-state index is 12.7. The van der Waals surface area contributed by atoms with E-state index in [-0.39, 0.29) is 16.8 Å². The largest absolute Gasteiger partial charge is 0.344 e. The minimum atomic E-state index is -3.71. The normalized spacial score (nSPS) is 12.7. The standard InChI is InChI=1S/C23H26N2O3S2/c1-16(2)18-8-10-19(11-9-18)23(21-4-3-15-29-21)25-22(26)14-7-17-5-12-20(13-6-17)30(24,27)28/h3-6,8-13,15-16,23H,7,14H2,1-2H3,(H,25,26)(H2,24,27,28). The fraction of sp³-hybridized carbons (Fsp3) is 0.261. The smallest absolute Gasteiger partial charge is 0.238 e. The van der Waals surface area contributed by atoms with Gasteiger partial charge in [0, 0.05) is 11.3 Å². The lowest BCUT2D eigenvalue weighted by Crippen LogP contribution is -2.29. The summed E-state index contributed by atoms with van der Waals surface area (Å²) < 4.78 is 22.7. The van der Waals surface area contributed by atoms with Crippen molar-refractivity contribution in [3.63, 3.8) is 0 Å². The molecule has 5 nitrogen and oxygen atoms in total. The number of amides is 1. The molecule has 7 heteroatoms. The third-order valence-electron chi connectivity index (χ3n) is 4.96. The highest BCUT2D eigenvalue weighted by Crippen LogP contribution is 2.27. The fourth-order valence-corrected chi connectivity index (χ4v) is 4.50. The third-order valence-corrected chi connectivity index (χ3v) is 6.83. The number of carbonyl (C=O) groups excluding carboxylic acids is 1. The summed E-state index contributed by atoms with van der Waals surface area (Å²) in [5, 5.41) is 10.3. The molecule has 0 radical (unpaired) electrons. The van der Waals surface area contributed by atoms with Crippen molar-refractivity contribution in [3.8, 4) is 0 Å². The molecular formula is C23H26N2O3S2. The summed E-state index contributed by atoms with van der Waals surface area (Å²) in [6, 6.07) is 18.5. The first-order chi connectivity index (χ1) is 14.2. The first kappa shape index (κ1) is 22.2. The summed E-state index contributed by atoms with van der Waals surface area (Å²) in [4.78, 5) is 13.8. The van der Waals surface area contributed by atoms with E-state index in [2.05, 4.69) is 43.4 Å². The van der Waals surface area contributed by atoms with Crippen molar-refractivity contribution in [2.75, 3.05) is 0 Å². The number of nitrogens with one attached hydrogen (secondary N) is 1. The minimum absolute atomic E-state index is 0.0585. The number of thiophene rings is 1. The summed E-state index contributed by atoms with van der Waals surface area (Å²) in [6.07, 6.45) is 0.820. The summed E-state index contributed by atoms with van der Waals surface area (Å²) in [5.74, 6) is 0.395. The Kier molecular flexibility index (Phi) is 7.07. The molecule has 158 valence electrons. The van der Waals surface area contributed by atoms with Gasteiger partial charge in [0.05, 0.1) is 10.9 Å². The Bertz CT molecular complexity index is 1070. The van der Waals surface area contributed by atoms with Crippen LogP contribution in [0.4, 0.5) is 0 Å². The molecule has 0 spiro atoms. The number of hydrogen-bond donors (Lipinski definition) is 2. The number of nitrogens with two attached hydrogens (primary N) is 1. The van der Waals surface area contributed by atoms with Crippen LogP contribution in [0.1, 0.15) is 53.8 Å². The van der Waals surface area contributed by atoms with Crippen LogP contribution in [-0.2, 0) is 21.2 Å². The van der Waals surface area contributed by atoms with Gasteiger partial charge in [0.2, 0.25) is 15.9 Å². The van der Waals surface area contributed by atoms with Crippen molar-refractivity contribution in [2.24, 2.45) is 5.14 Å². The van der Waals surface area contributed by atoms with Gasteiger partial charge in [0.25, 0.3) is 0 Å². The average molecular weight is 443 g/mol. The van der Waals surface area contributed by atoms with Crippen LogP contribution in [-0.4, -0.2) is 14.3 Å². The Morgan fingerprint density at radius 1 is 1.00 bits per heavy atom. The second kappa shape index (κ2) is 9.55. The van der Waals surface area contributed by atoms with Crippen LogP contribution in [0.2, 0.25) is 0 Å². The topological polar surface area (TPSA) is 89.3 Å². The van der Waals surface area contributed by atoms with Crippen LogP contribution in [0.5, 0.6) is 0 Å². The molecule has 2 aromatic carbocycles. The van der Waals surface area contributed by atoms with Crippen LogP contribution in [0.3, 0.4) is 0 Å². The maximum absolute atomic E-state index is 12.7. The van der Waals surface area contributed by atoms with Gasteiger partial charge in [0.1, 0.15) is 0 Å². The Hall–Kier alpha value is -2.48. The van der Waals surface area contributed by atoms with Gasteiger partial charge < -0.3 is 5.32 Å². The van der Waals surface area contributed by atoms with E-state index in [4.69, 9.17) is 5.14 Å². The molecule has 1 atom stereocenters. The van der Waals surface area contributed by atoms with Gasteiger partial charge in [-0.05, 0) is 52.6 Å². The molecule has 0 saturated carbocycles. The van der Waals surface area contributed by atoms with E-state index < -0.39 is 10.0 Å². The fourth-order valence-electron chi connectivity index (χ4n) is 3.18. The molecule has 1 unspecified atom stereocenters. The second-order valence-corrected chi connectivity index (χ2v) is 10.1. The highest BCUT2D eigenvalue weighted by atomic mass is 32.2. The maximum Gasteiger partial charge on any atom is 0.238 e. The van der Waals surface area contributed by atoms with Gasteiger partial charge in [-0.3, -0.25) is 4.79 Å². The summed E-state index contributed by atoms with van der Waals surface area (Å²) in [6.45, 7) is 4.31. The van der Waals surface area contributed by atoms with Gasteiger partial charge >= 0.3 is 0 Å². The zero-order valence-electron chi connectivity index (χ0n) is 17.0. The molecule has 0 bridgehead atoms. The van der Waals surface area contributed by atoms with Crippen LogP contribution in [0.25, 0.3) is 0 Å². The molecule has 30 heavy (non-hydrogen) atoms. The molecular weight excluding hydrogens is 416 g/mol. The number of carbonyl (C=O) groups is 1. The van der Waals surface area contributed by atoms with E-state index in [0.717, 1.165) is 16.0 Å². The molecule has 0 aliphatic heterocycles. The van der Waals surface area contributed by atoms with E-state index in [1.807, 2.05) is 17.5 Å². The van der Waals surface area contributed by atoms with E-state index in [9.17, 15) is 13.2 Å². The Morgan fingerprint density at radius 2 is 1.63 bits per heavy atom. The van der Waals surface area contributed by atoms with Gasteiger partial charge in [-0.2, -0.15) is 0 Å². The van der Waals surface area contributed by atoms with Crippen molar-refractivity contribution < 1.29 is 13.2 Å². The number of benzene rings is 2. The summed E-state index contributed by atoms with van der Waals surface area (Å²) >= 11 is 1.61. The lowest BCUT2D eigenvalue weighted by Gasteiger charge is -2.19. The predicted molar refractivity (Wildman–Crippen MR) is 121 cm³/mol. The summed E-state index contributed by atoms with van der Waals surface area (Å²) in [5.41, 5.74) is 3.19. The van der Waals surface area contributed by atoms with Crippen molar-refractivity contribution in [3.05, 3.63) is 87.6 Å². The van der Waals surface area contributed by atoms with Crippen molar-refractivity contribution in [2.45, 2.75) is 43.5 Å². The average Bonchev–Trinajstić information content (AvgIpc) is 3.25. The molecule has 1 aromatic heterocycles. The Balaban J connectivity index is 1.68. The number of sulfonamides is 1. The van der Waals surface area contributed by atoms with Gasteiger partial charge in [-0.25, -0.2) is 13.6 Å². The number of aryl methyl sites for hydroxylation is 1. The number of primary sulfonamides is 1. The highest BCUT2D eigenvalue weighted by Gasteiger charge is 2.18. The monoisotopic (exact) mass is 442 g/mol. The van der Waals surface area contributed by atoms with Crippen LogP contribution >= 0.6 is 11.3 Å². The van der Waals surface area contributed by atoms with Crippen LogP contribution in [0.15, 0.2) is 70.9 Å². The minimum Gasteiger partial charge on any atom is -0.344 e. The third kappa shape index (κ3) is 5.78. The first-order valence-corrected chi connectivity index (χ1v) is 12.2. The zero-order chi connectivity index (χ0) is 21.7. The van der Waals surface area contributed by atoms with Crippen molar-refractivity contribution >= 4 is 27.3 Å². The Labute approximate surface area is 182 Å². The predicted octanol–water partition coefficient (Wildman–Crippen LogP) is 4.36. The van der Waals surface area contributed by atoms with E-state index in [1.54, 1.807) is 23.5 Å². The van der Waals surface area contributed by atoms with Crippen LogP contribution in [0, 0.1) is 0 Å². The van der Waals surface area contributed by atoms with Gasteiger partial charge in [-0.1, -0.05) is 56.3 Å². The van der Waals surface area contributed by atoms with E-state index >= 15 is 0 Å². The van der Waals surface area contributed by atoms with Crippen molar-refractivity contribution in [1.82, 2.24) is 5.32 Å². The molecule has 0 aliphatic carbocycles. The lowest BCUT2D eigenvalue weighted by atomic mass is 9.98. The van der Waals surface area contributed by atoms with Gasteiger partial charge in [0.15, 0.2) is 0 Å². The molecule has 3 rings (SSSR count). The van der Waals surface area contributed by atoms with Crippen LogP contribution < -0.4 is 10.5 Å². The molecule has 0 saturated heterocycles. The molecule has 1 amide bonds. The zero-order valence-corrected chi connectivity index (χ0v) is 18.7. The number of hydrogen-bond acceptors (Lipinski definition) is 4. The van der Waals surface area contributed by atoms with E-state index in [1.165, 1.54) is 17.7 Å². The molecule has 0 fully saturated rings. The second-order valence-electron chi connectivity index (χ2n) is 7.53. The number of rotatable bonds is 8. The highest BCUT2D eigenvalue weighted by molar-refractivity contribution is 7.89. The van der Waals surface area contributed by atoms with Gasteiger partial charge in [-0.15, -0.1) is 11.3 Å². The molecule has 3 aromatic rings. The summed E-state index contributed by atoms with van der Waals surface area (Å²) in [7, 11) is -3.71. The first-order valence-electron chi connectivity index (χ1n) is 9.78. The van der Waals surface area contributed by atoms with E-state index in [0.29, 0.717) is 18.8 Å². The molecule has 3 N–H and O–H groups in total. The Morgan fingerprint density at radius 3 is 2.17 bits per heavy atom. The molecule has 0 aliphatic rings. The lowest BCUT2D eigenvalue weighted by molar-refractivity contribution is -0.121. The molecule has 1 heterocycles.